The number of nitrogens with one attached hydrogen (secondary N) is 1. The van der Waals surface area contributed by atoms with Gasteiger partial charge >= 0.3 is 0 Å². The first-order valence-electron chi connectivity index (χ1n) is 14.3. The highest BCUT2D eigenvalue weighted by Crippen LogP contribution is 2.34. The van der Waals surface area contributed by atoms with Crippen molar-refractivity contribution in [2.45, 2.75) is 17.6 Å². The second-order valence-electron chi connectivity index (χ2n) is 11.2. The molecule has 2 fully saturated rings. The van der Waals surface area contributed by atoms with Crippen LogP contribution in [0.5, 0.6) is 0 Å². The van der Waals surface area contributed by atoms with Gasteiger partial charge in [0, 0.05) is 65.0 Å². The van der Waals surface area contributed by atoms with Gasteiger partial charge in [0.05, 0.1) is 0 Å². The predicted molar refractivity (Wildman–Crippen MR) is 174 cm³/mol. The molecule has 214 valence electrons. The van der Waals surface area contributed by atoms with Crippen LogP contribution in [0.1, 0.15) is 28.7 Å². The molecule has 0 aliphatic carbocycles. The maximum Gasteiger partial charge on any atom is 0.266 e. The minimum atomic E-state index is -0.144. The third kappa shape index (κ3) is 5.47. The molecule has 8 nitrogen and oxygen atoms in total. The summed E-state index contributed by atoms with van der Waals surface area (Å²) in [5.41, 5.74) is 5.42. The summed E-state index contributed by atoms with van der Waals surface area (Å²) in [5.74, 6) is 2.12. The lowest BCUT2D eigenvalue weighted by Gasteiger charge is -2.29. The fourth-order valence-electron chi connectivity index (χ4n) is 5.90. The van der Waals surface area contributed by atoms with E-state index in [4.69, 9.17) is 4.98 Å². The molecule has 42 heavy (non-hydrogen) atoms. The van der Waals surface area contributed by atoms with Crippen molar-refractivity contribution < 1.29 is 0 Å². The number of nitrogens with zero attached hydrogens (tertiary/aromatic N) is 6. The van der Waals surface area contributed by atoms with Crippen molar-refractivity contribution in [2.75, 3.05) is 51.3 Å². The fraction of sp³-hybridized carbons (Fsp3) is 0.312. The third-order valence-electron chi connectivity index (χ3n) is 8.24. The summed E-state index contributed by atoms with van der Waals surface area (Å²) in [7, 11) is 4.35. The number of hydrogen-bond donors (Lipinski definition) is 1. The van der Waals surface area contributed by atoms with E-state index in [1.807, 2.05) is 23.2 Å². The Kier molecular flexibility index (Phi) is 7.54. The van der Waals surface area contributed by atoms with Gasteiger partial charge in [0.1, 0.15) is 0 Å². The van der Waals surface area contributed by atoms with Gasteiger partial charge in [-0.05, 0) is 67.9 Å². The second-order valence-corrected chi connectivity index (χ2v) is 13.4. The van der Waals surface area contributed by atoms with E-state index in [9.17, 15) is 4.79 Å². The van der Waals surface area contributed by atoms with Gasteiger partial charge in [0.2, 0.25) is 5.95 Å². The summed E-state index contributed by atoms with van der Waals surface area (Å²) < 4.78 is 1.61. The van der Waals surface area contributed by atoms with Crippen LogP contribution in [0.15, 0.2) is 77.2 Å². The number of hydrogen-bond acceptors (Lipinski definition) is 9. The minimum absolute atomic E-state index is 0.144. The molecule has 2 aliphatic heterocycles. The topological polar surface area (TPSA) is 79.2 Å². The van der Waals surface area contributed by atoms with Crippen LogP contribution in [0.4, 0.5) is 11.6 Å². The van der Waals surface area contributed by atoms with Gasteiger partial charge in [-0.2, -0.15) is 16.7 Å². The van der Waals surface area contributed by atoms with Gasteiger partial charge in [-0.15, -0.1) is 11.3 Å². The Morgan fingerprint density at radius 1 is 0.929 bits per heavy atom. The first-order valence-corrected chi connectivity index (χ1v) is 16.2. The quantitative estimate of drug-likeness (QED) is 0.265. The Labute approximate surface area is 253 Å². The molecule has 2 aromatic carbocycles. The highest BCUT2D eigenvalue weighted by molar-refractivity contribution is 7.99. The molecule has 10 heteroatoms. The van der Waals surface area contributed by atoms with Crippen molar-refractivity contribution in [3.63, 3.8) is 0 Å². The summed E-state index contributed by atoms with van der Waals surface area (Å²) in [6.07, 6.45) is 4.66. The number of thioether (sulfide) groups is 1. The standard InChI is InChI=1S/C32H33N7OS2/c1-37-13-11-24(19-37)21-3-5-22(6-4-21)27-17-25-18-34-31(36-29(25)39(30(27)40)32-33-12-15-42-32)35-26-9-7-23(8-10-26)28-20-38(2)14-16-41-28/h3-10,12,15,17-18,24,28H,11,13-14,16,19-20H2,1-2H3,(H,34,35,36). The maximum atomic E-state index is 14.0. The molecule has 0 amide bonds. The number of aromatic nitrogens is 4. The van der Waals surface area contributed by atoms with Gasteiger partial charge in [0.25, 0.3) is 5.56 Å². The van der Waals surface area contributed by atoms with Crippen molar-refractivity contribution in [3.8, 4) is 16.3 Å². The number of pyridine rings is 1. The molecule has 2 saturated heterocycles. The Morgan fingerprint density at radius 2 is 1.71 bits per heavy atom. The van der Waals surface area contributed by atoms with Crippen LogP contribution in [-0.4, -0.2) is 75.3 Å². The Bertz CT molecular complexity index is 1750. The van der Waals surface area contributed by atoms with Crippen LogP contribution >= 0.6 is 23.1 Å². The largest absolute Gasteiger partial charge is 0.324 e. The molecule has 5 aromatic rings. The number of likely N-dealkylation sites (tertiary alicyclic amines) is 1. The molecule has 3 aromatic heterocycles. The summed E-state index contributed by atoms with van der Waals surface area (Å²) in [6, 6.07) is 18.8. The van der Waals surface area contributed by atoms with Gasteiger partial charge in [-0.1, -0.05) is 36.4 Å². The van der Waals surface area contributed by atoms with E-state index in [1.54, 1.807) is 17.0 Å². The lowest BCUT2D eigenvalue weighted by atomic mass is 9.96. The van der Waals surface area contributed by atoms with E-state index in [1.165, 1.54) is 22.5 Å². The smallest absolute Gasteiger partial charge is 0.266 e. The Hall–Kier alpha value is -3.57. The molecule has 1 N–H and O–H groups in total. The highest BCUT2D eigenvalue weighted by atomic mass is 32.2. The van der Waals surface area contributed by atoms with Gasteiger partial charge in [0.15, 0.2) is 10.8 Å². The molecule has 0 spiro atoms. The molecular formula is C32H33N7OS2. The van der Waals surface area contributed by atoms with Crippen LogP contribution < -0.4 is 10.9 Å². The normalized spacial score (nSPS) is 19.9. The van der Waals surface area contributed by atoms with Crippen LogP contribution in [-0.2, 0) is 0 Å². The van der Waals surface area contributed by atoms with E-state index in [0.717, 1.165) is 55.0 Å². The number of benzene rings is 2. The number of likely N-dealkylation sites (N-methyl/N-ethyl adjacent to an activating group) is 2. The molecule has 7 rings (SSSR count). The molecule has 2 aliphatic rings. The van der Waals surface area contributed by atoms with Crippen molar-refractivity contribution in [1.82, 2.24) is 29.3 Å². The number of anilines is 2. The summed E-state index contributed by atoms with van der Waals surface area (Å²) in [5, 5.41) is 7.05. The highest BCUT2D eigenvalue weighted by Gasteiger charge is 2.22. The van der Waals surface area contributed by atoms with Crippen LogP contribution in [0.3, 0.4) is 0 Å². The monoisotopic (exact) mass is 595 g/mol. The molecule has 0 saturated carbocycles. The van der Waals surface area contributed by atoms with Crippen LogP contribution in [0.25, 0.3) is 27.3 Å². The van der Waals surface area contributed by atoms with E-state index in [2.05, 4.69) is 87.7 Å². The van der Waals surface area contributed by atoms with E-state index >= 15 is 0 Å². The number of fused-ring (bicyclic) bond motifs is 1. The van der Waals surface area contributed by atoms with E-state index in [-0.39, 0.29) is 5.56 Å². The second kappa shape index (κ2) is 11.6. The predicted octanol–water partition coefficient (Wildman–Crippen LogP) is 5.79. The van der Waals surface area contributed by atoms with Crippen molar-refractivity contribution in [3.05, 3.63) is 93.9 Å². The molecular weight excluding hydrogens is 563 g/mol. The molecule has 0 radical (unpaired) electrons. The Morgan fingerprint density at radius 3 is 2.43 bits per heavy atom. The summed E-state index contributed by atoms with van der Waals surface area (Å²) in [4.78, 5) is 32.6. The zero-order valence-corrected chi connectivity index (χ0v) is 25.4. The van der Waals surface area contributed by atoms with Gasteiger partial charge < -0.3 is 15.1 Å². The third-order valence-corrected chi connectivity index (χ3v) is 10.2. The molecule has 2 unspecified atom stereocenters. The number of rotatable bonds is 6. The van der Waals surface area contributed by atoms with Crippen LogP contribution in [0, 0.1) is 0 Å². The summed E-state index contributed by atoms with van der Waals surface area (Å²) >= 11 is 3.43. The van der Waals surface area contributed by atoms with Crippen molar-refractivity contribution >= 4 is 45.8 Å². The SMILES string of the molecule is CN1CCC(c2ccc(-c3cc4cnc(Nc5ccc(C6CN(C)CCS6)cc5)nc4n(-c4nccs4)c3=O)cc2)C1. The lowest BCUT2D eigenvalue weighted by Crippen LogP contribution is -2.30. The minimum Gasteiger partial charge on any atom is -0.324 e. The van der Waals surface area contributed by atoms with Crippen molar-refractivity contribution in [1.29, 1.82) is 0 Å². The first kappa shape index (κ1) is 27.3. The Balaban J connectivity index is 1.21. The zero-order chi connectivity index (χ0) is 28.6. The summed E-state index contributed by atoms with van der Waals surface area (Å²) in [6.45, 7) is 4.39. The lowest BCUT2D eigenvalue weighted by molar-refractivity contribution is 0.347. The molecule has 5 heterocycles. The molecule has 2 atom stereocenters. The fourth-order valence-corrected chi connectivity index (χ4v) is 7.95. The number of thiazole rings is 1. The van der Waals surface area contributed by atoms with Gasteiger partial charge in [-0.25, -0.2) is 14.5 Å². The molecule has 0 bridgehead atoms. The van der Waals surface area contributed by atoms with Crippen LogP contribution in [0.2, 0.25) is 0 Å². The maximum absolute atomic E-state index is 14.0. The van der Waals surface area contributed by atoms with Crippen molar-refractivity contribution in [2.24, 2.45) is 0 Å². The zero-order valence-electron chi connectivity index (χ0n) is 23.7. The van der Waals surface area contributed by atoms with Gasteiger partial charge in [-0.3, -0.25) is 4.79 Å². The first-order chi connectivity index (χ1) is 20.5. The van der Waals surface area contributed by atoms with E-state index in [0.29, 0.717) is 33.5 Å². The average molecular weight is 596 g/mol. The average Bonchev–Trinajstić information content (AvgIpc) is 3.70. The van der Waals surface area contributed by atoms with E-state index < -0.39 is 0 Å².